The first kappa shape index (κ1) is 26.0. The molecule has 0 bridgehead atoms. The number of nitrogens with zero attached hydrogens (tertiary/aromatic N) is 1. The number of nitrogens with one attached hydrogen (secondary N) is 2. The summed E-state index contributed by atoms with van der Waals surface area (Å²) in [5.41, 5.74) is 4.38. The van der Waals surface area contributed by atoms with E-state index >= 15 is 0 Å². The van der Waals surface area contributed by atoms with Crippen LogP contribution < -0.4 is 15.5 Å². The molecule has 0 unspecified atom stereocenters. The molecule has 0 aliphatic heterocycles. The minimum absolute atomic E-state index is 0.280. The first-order valence-corrected chi connectivity index (χ1v) is 11.7. The van der Waals surface area contributed by atoms with Gasteiger partial charge in [0.25, 0.3) is 11.8 Å². The van der Waals surface area contributed by atoms with E-state index in [1.165, 1.54) is 12.3 Å². The van der Waals surface area contributed by atoms with E-state index < -0.39 is 24.0 Å². The van der Waals surface area contributed by atoms with Crippen molar-refractivity contribution in [2.24, 2.45) is 5.10 Å². The summed E-state index contributed by atoms with van der Waals surface area (Å²) in [6.45, 7) is 1.57. The Bertz CT molecular complexity index is 1180. The van der Waals surface area contributed by atoms with Gasteiger partial charge >= 0.3 is 0 Å². The lowest BCUT2D eigenvalue weighted by Gasteiger charge is -2.21. The standard InChI is InChI=1S/C27H25Cl2N3O3/c1-19(35-25-15-14-22(28)18-23(25)29)26(33)31-24(17-21-11-6-3-7-12-21)27(34)32-30-16-8-13-20-9-4-2-5-10-20/h2-16,18-19,24H,17H2,1H3,(H,31,33)(H,32,34)/b13-8+,30-16-/t19-,24-/m1/s1. The first-order chi connectivity index (χ1) is 16.9. The lowest BCUT2D eigenvalue weighted by Crippen LogP contribution is -2.50. The van der Waals surface area contributed by atoms with Crippen LogP contribution in [-0.4, -0.2) is 30.2 Å². The van der Waals surface area contributed by atoms with Crippen molar-refractivity contribution in [3.05, 3.63) is 106 Å². The van der Waals surface area contributed by atoms with Crippen LogP contribution in [0.3, 0.4) is 0 Å². The second kappa shape index (κ2) is 13.3. The van der Waals surface area contributed by atoms with Crippen LogP contribution in [0.1, 0.15) is 18.1 Å². The second-order valence-electron chi connectivity index (χ2n) is 7.61. The van der Waals surface area contributed by atoms with Crippen LogP contribution in [-0.2, 0) is 16.0 Å². The molecule has 3 aromatic rings. The van der Waals surface area contributed by atoms with E-state index in [1.54, 1.807) is 25.1 Å². The zero-order valence-electron chi connectivity index (χ0n) is 19.0. The molecule has 180 valence electrons. The van der Waals surface area contributed by atoms with Crippen LogP contribution in [0, 0.1) is 0 Å². The Balaban J connectivity index is 1.64. The molecule has 0 saturated heterocycles. The van der Waals surface area contributed by atoms with Crippen LogP contribution in [0.15, 0.2) is 90.0 Å². The van der Waals surface area contributed by atoms with Gasteiger partial charge in [0, 0.05) is 17.7 Å². The molecule has 0 aromatic heterocycles. The highest BCUT2D eigenvalue weighted by atomic mass is 35.5. The minimum Gasteiger partial charge on any atom is -0.479 e. The molecule has 0 aliphatic carbocycles. The summed E-state index contributed by atoms with van der Waals surface area (Å²) < 4.78 is 5.67. The molecule has 0 spiro atoms. The van der Waals surface area contributed by atoms with Gasteiger partial charge in [-0.25, -0.2) is 5.43 Å². The molecule has 0 heterocycles. The highest BCUT2D eigenvalue weighted by Crippen LogP contribution is 2.28. The largest absolute Gasteiger partial charge is 0.479 e. The Hall–Kier alpha value is -3.61. The number of ether oxygens (including phenoxy) is 1. The molecule has 0 radical (unpaired) electrons. The zero-order chi connectivity index (χ0) is 25.0. The van der Waals surface area contributed by atoms with Gasteiger partial charge in [0.15, 0.2) is 6.10 Å². The fourth-order valence-corrected chi connectivity index (χ4v) is 3.56. The number of hydrazone groups is 1. The molecule has 3 aromatic carbocycles. The summed E-state index contributed by atoms with van der Waals surface area (Å²) in [6.07, 6.45) is 4.42. The molecule has 35 heavy (non-hydrogen) atoms. The Labute approximate surface area is 214 Å². The maximum Gasteiger partial charge on any atom is 0.262 e. The number of amides is 2. The number of carbonyl (C=O) groups is 2. The van der Waals surface area contributed by atoms with Gasteiger partial charge in [0.1, 0.15) is 11.8 Å². The highest BCUT2D eigenvalue weighted by Gasteiger charge is 2.25. The minimum atomic E-state index is -0.906. The summed E-state index contributed by atoms with van der Waals surface area (Å²) in [7, 11) is 0. The molecule has 6 nitrogen and oxygen atoms in total. The van der Waals surface area contributed by atoms with Crippen LogP contribution in [0.2, 0.25) is 10.0 Å². The summed E-state index contributed by atoms with van der Waals surface area (Å²) in [4.78, 5) is 25.7. The number of benzene rings is 3. The van der Waals surface area contributed by atoms with Gasteiger partial charge in [-0.2, -0.15) is 5.10 Å². The normalized spacial score (nSPS) is 12.9. The van der Waals surface area contributed by atoms with E-state index in [9.17, 15) is 9.59 Å². The molecule has 0 aliphatic rings. The van der Waals surface area contributed by atoms with E-state index in [2.05, 4.69) is 15.8 Å². The maximum absolute atomic E-state index is 12.8. The smallest absolute Gasteiger partial charge is 0.262 e. The Kier molecular flexibility index (Phi) is 9.90. The highest BCUT2D eigenvalue weighted by molar-refractivity contribution is 6.35. The Morgan fingerprint density at radius 1 is 0.971 bits per heavy atom. The van der Waals surface area contributed by atoms with E-state index in [0.717, 1.165) is 11.1 Å². The topological polar surface area (TPSA) is 79.8 Å². The summed E-state index contributed by atoms with van der Waals surface area (Å²) in [6, 6.07) is 22.9. The van der Waals surface area contributed by atoms with Crippen LogP contribution in [0.25, 0.3) is 6.08 Å². The number of hydrogen-bond donors (Lipinski definition) is 2. The van der Waals surface area contributed by atoms with Crippen molar-refractivity contribution in [3.8, 4) is 5.75 Å². The second-order valence-corrected chi connectivity index (χ2v) is 8.45. The molecule has 3 rings (SSSR count). The summed E-state index contributed by atoms with van der Waals surface area (Å²) in [5.74, 6) is -0.610. The predicted molar refractivity (Wildman–Crippen MR) is 141 cm³/mol. The van der Waals surface area contributed by atoms with Crippen LogP contribution in [0.5, 0.6) is 5.75 Å². The van der Waals surface area contributed by atoms with Crippen molar-refractivity contribution in [1.29, 1.82) is 0 Å². The first-order valence-electron chi connectivity index (χ1n) is 10.9. The SMILES string of the molecule is C[C@@H](Oc1ccc(Cl)cc1Cl)C(=O)N[C@H](Cc1ccccc1)C(=O)N/N=C\C=C\c1ccccc1. The number of halogens is 2. The van der Waals surface area contributed by atoms with Crippen molar-refractivity contribution in [1.82, 2.24) is 10.7 Å². The molecule has 0 saturated carbocycles. The third kappa shape index (κ3) is 8.59. The fraction of sp³-hybridized carbons (Fsp3) is 0.148. The summed E-state index contributed by atoms with van der Waals surface area (Å²) in [5, 5.41) is 7.45. The monoisotopic (exact) mass is 509 g/mol. The molecule has 0 fully saturated rings. The third-order valence-electron chi connectivity index (χ3n) is 4.91. The van der Waals surface area contributed by atoms with Gasteiger partial charge in [-0.15, -0.1) is 0 Å². The van der Waals surface area contributed by atoms with Crippen molar-refractivity contribution >= 4 is 47.3 Å². The lowest BCUT2D eigenvalue weighted by atomic mass is 10.1. The molecule has 2 atom stereocenters. The van der Waals surface area contributed by atoms with Crippen LogP contribution >= 0.6 is 23.2 Å². The van der Waals surface area contributed by atoms with Gasteiger partial charge in [0.2, 0.25) is 0 Å². The third-order valence-corrected chi connectivity index (χ3v) is 5.44. The molecule has 2 amide bonds. The molecule has 2 N–H and O–H groups in total. The average Bonchev–Trinajstić information content (AvgIpc) is 2.86. The van der Waals surface area contributed by atoms with Crippen molar-refractivity contribution < 1.29 is 14.3 Å². The Morgan fingerprint density at radius 2 is 1.66 bits per heavy atom. The number of allylic oxidation sites excluding steroid dienone is 1. The van der Waals surface area contributed by atoms with E-state index in [0.29, 0.717) is 10.8 Å². The Morgan fingerprint density at radius 3 is 2.34 bits per heavy atom. The lowest BCUT2D eigenvalue weighted by molar-refractivity contribution is -0.132. The number of hydrogen-bond acceptors (Lipinski definition) is 4. The van der Waals surface area contributed by atoms with Crippen molar-refractivity contribution in [2.75, 3.05) is 0 Å². The number of carbonyl (C=O) groups excluding carboxylic acids is 2. The summed E-state index contributed by atoms with van der Waals surface area (Å²) >= 11 is 12.0. The quantitative estimate of drug-likeness (QED) is 0.287. The van der Waals surface area contributed by atoms with Crippen molar-refractivity contribution in [2.45, 2.75) is 25.5 Å². The van der Waals surface area contributed by atoms with E-state index in [4.69, 9.17) is 27.9 Å². The average molecular weight is 510 g/mol. The number of rotatable bonds is 10. The van der Waals surface area contributed by atoms with Gasteiger partial charge in [0.05, 0.1) is 5.02 Å². The maximum atomic E-state index is 12.8. The molecular weight excluding hydrogens is 485 g/mol. The fourth-order valence-electron chi connectivity index (χ4n) is 3.10. The van der Waals surface area contributed by atoms with E-state index in [-0.39, 0.29) is 11.4 Å². The molecular formula is C27H25Cl2N3O3. The van der Waals surface area contributed by atoms with Gasteiger partial charge in [-0.1, -0.05) is 89.9 Å². The van der Waals surface area contributed by atoms with Crippen LogP contribution in [0.4, 0.5) is 0 Å². The van der Waals surface area contributed by atoms with Crippen molar-refractivity contribution in [3.63, 3.8) is 0 Å². The van der Waals surface area contributed by atoms with Gasteiger partial charge in [-0.3, -0.25) is 9.59 Å². The predicted octanol–water partition coefficient (Wildman–Crippen LogP) is 5.30. The van der Waals surface area contributed by atoms with Gasteiger partial charge < -0.3 is 10.1 Å². The molecule has 8 heteroatoms. The van der Waals surface area contributed by atoms with Gasteiger partial charge in [-0.05, 0) is 42.3 Å². The zero-order valence-corrected chi connectivity index (χ0v) is 20.5. The van der Waals surface area contributed by atoms with E-state index in [1.807, 2.05) is 66.7 Å².